The lowest BCUT2D eigenvalue weighted by Gasteiger charge is -2.23. The van der Waals surface area contributed by atoms with Gasteiger partial charge in [-0.2, -0.15) is 0 Å². The van der Waals surface area contributed by atoms with Gasteiger partial charge in [0.25, 0.3) is 0 Å². The smallest absolute Gasteiger partial charge is 0.194 e. The van der Waals surface area contributed by atoms with Crippen LogP contribution in [0, 0.1) is 0 Å². The Bertz CT molecular complexity index is 625. The number of nitrogens with one attached hydrogen (secondary N) is 1. The molecule has 20 heavy (non-hydrogen) atoms. The van der Waals surface area contributed by atoms with Crippen molar-refractivity contribution >= 4 is 23.1 Å². The SMILES string of the molecule is O=C1c2ccccc2CC[C@@H]1ONc1ccc(Cl)cc1. The zero-order valence-electron chi connectivity index (χ0n) is 10.8. The van der Waals surface area contributed by atoms with E-state index in [1.54, 1.807) is 12.1 Å². The van der Waals surface area contributed by atoms with Crippen LogP contribution in [-0.2, 0) is 11.3 Å². The van der Waals surface area contributed by atoms with Crippen molar-refractivity contribution in [1.82, 2.24) is 0 Å². The van der Waals surface area contributed by atoms with Crippen molar-refractivity contribution in [2.24, 2.45) is 0 Å². The van der Waals surface area contributed by atoms with Gasteiger partial charge in [0.1, 0.15) is 6.10 Å². The molecule has 1 atom stereocenters. The zero-order valence-corrected chi connectivity index (χ0v) is 11.6. The van der Waals surface area contributed by atoms with Crippen LogP contribution in [0.25, 0.3) is 0 Å². The molecule has 0 spiro atoms. The number of carbonyl (C=O) groups excluding carboxylic acids is 1. The van der Waals surface area contributed by atoms with E-state index in [0.29, 0.717) is 11.4 Å². The van der Waals surface area contributed by atoms with Crippen molar-refractivity contribution in [3.05, 3.63) is 64.7 Å². The summed E-state index contributed by atoms with van der Waals surface area (Å²) in [6.45, 7) is 0. The lowest BCUT2D eigenvalue weighted by atomic mass is 9.89. The number of hydrogen-bond donors (Lipinski definition) is 1. The summed E-state index contributed by atoms with van der Waals surface area (Å²) in [4.78, 5) is 17.8. The zero-order chi connectivity index (χ0) is 13.9. The first kappa shape index (κ1) is 13.2. The van der Waals surface area contributed by atoms with Crippen molar-refractivity contribution in [1.29, 1.82) is 0 Å². The van der Waals surface area contributed by atoms with Gasteiger partial charge < -0.3 is 0 Å². The molecule has 3 rings (SSSR count). The van der Waals surface area contributed by atoms with Crippen molar-refractivity contribution < 1.29 is 9.63 Å². The van der Waals surface area contributed by atoms with Gasteiger partial charge in [-0.25, -0.2) is 0 Å². The summed E-state index contributed by atoms with van der Waals surface area (Å²) in [7, 11) is 0. The van der Waals surface area contributed by atoms with Crippen LogP contribution in [0.3, 0.4) is 0 Å². The van der Waals surface area contributed by atoms with Crippen molar-refractivity contribution in [3.63, 3.8) is 0 Å². The summed E-state index contributed by atoms with van der Waals surface area (Å²) in [5.41, 5.74) is 5.47. The number of rotatable bonds is 3. The molecule has 0 heterocycles. The van der Waals surface area contributed by atoms with Gasteiger partial charge in [-0.15, -0.1) is 0 Å². The standard InChI is InChI=1S/C16H14ClNO2/c17-12-6-8-13(9-7-12)18-20-15-10-5-11-3-1-2-4-14(11)16(15)19/h1-4,6-9,15,18H,5,10H2/t15-/m0/s1. The van der Waals surface area contributed by atoms with Gasteiger partial charge in [0, 0.05) is 10.6 Å². The van der Waals surface area contributed by atoms with Crippen LogP contribution in [0.5, 0.6) is 0 Å². The third kappa shape index (κ3) is 2.69. The Morgan fingerprint density at radius 2 is 1.85 bits per heavy atom. The number of Topliss-reactive ketones (excluding diaryl/α,β-unsaturated/α-hetero) is 1. The second-order valence-corrected chi connectivity index (χ2v) is 5.21. The Hall–Kier alpha value is -1.84. The summed E-state index contributed by atoms with van der Waals surface area (Å²) < 4.78 is 0. The minimum atomic E-state index is -0.444. The summed E-state index contributed by atoms with van der Waals surface area (Å²) in [5.74, 6) is 0.0355. The fourth-order valence-corrected chi connectivity index (χ4v) is 2.47. The first-order valence-electron chi connectivity index (χ1n) is 6.53. The van der Waals surface area contributed by atoms with E-state index in [1.807, 2.05) is 36.4 Å². The number of carbonyl (C=O) groups is 1. The summed E-state index contributed by atoms with van der Waals surface area (Å²) in [6.07, 6.45) is 1.10. The van der Waals surface area contributed by atoms with Crippen LogP contribution in [-0.4, -0.2) is 11.9 Å². The predicted molar refractivity (Wildman–Crippen MR) is 79.0 cm³/mol. The Morgan fingerprint density at radius 3 is 2.65 bits per heavy atom. The molecule has 0 saturated heterocycles. The lowest BCUT2D eigenvalue weighted by Crippen LogP contribution is -2.31. The third-order valence-corrected chi connectivity index (χ3v) is 3.67. The highest BCUT2D eigenvalue weighted by atomic mass is 35.5. The molecule has 2 aromatic carbocycles. The fourth-order valence-electron chi connectivity index (χ4n) is 2.34. The Labute approximate surface area is 122 Å². The number of ketones is 1. The minimum absolute atomic E-state index is 0.0355. The number of fused-ring (bicyclic) bond motifs is 1. The van der Waals surface area contributed by atoms with E-state index in [9.17, 15) is 4.79 Å². The highest BCUT2D eigenvalue weighted by molar-refractivity contribution is 6.30. The molecule has 0 radical (unpaired) electrons. The molecule has 0 amide bonds. The van der Waals surface area contributed by atoms with Crippen molar-refractivity contribution in [3.8, 4) is 0 Å². The monoisotopic (exact) mass is 287 g/mol. The highest BCUT2D eigenvalue weighted by Gasteiger charge is 2.28. The van der Waals surface area contributed by atoms with Gasteiger partial charge in [0.05, 0.1) is 5.69 Å². The molecular weight excluding hydrogens is 274 g/mol. The summed E-state index contributed by atoms with van der Waals surface area (Å²) >= 11 is 5.82. The van der Waals surface area contributed by atoms with Gasteiger partial charge in [-0.1, -0.05) is 35.9 Å². The van der Waals surface area contributed by atoms with Crippen LogP contribution < -0.4 is 5.48 Å². The molecule has 102 valence electrons. The minimum Gasteiger partial charge on any atom is -0.291 e. The largest absolute Gasteiger partial charge is 0.291 e. The molecule has 0 unspecified atom stereocenters. The summed E-state index contributed by atoms with van der Waals surface area (Å²) in [5, 5.41) is 0.665. The second kappa shape index (κ2) is 5.65. The number of halogens is 1. The highest BCUT2D eigenvalue weighted by Crippen LogP contribution is 2.23. The molecule has 3 nitrogen and oxygen atoms in total. The van der Waals surface area contributed by atoms with E-state index in [2.05, 4.69) is 5.48 Å². The number of benzene rings is 2. The first-order valence-corrected chi connectivity index (χ1v) is 6.91. The molecule has 2 aromatic rings. The van der Waals surface area contributed by atoms with E-state index < -0.39 is 6.10 Å². The average molecular weight is 288 g/mol. The lowest BCUT2D eigenvalue weighted by molar-refractivity contribution is 0.0550. The molecular formula is C16H14ClNO2. The molecule has 1 aliphatic carbocycles. The molecule has 4 heteroatoms. The molecule has 1 N–H and O–H groups in total. The van der Waals surface area contributed by atoms with Crippen LogP contribution in [0.15, 0.2) is 48.5 Å². The number of hydrogen-bond acceptors (Lipinski definition) is 3. The van der Waals surface area contributed by atoms with E-state index in [0.717, 1.165) is 23.2 Å². The predicted octanol–water partition coefficient (Wildman–Crippen LogP) is 3.88. The fraction of sp³-hybridized carbons (Fsp3) is 0.188. The van der Waals surface area contributed by atoms with Crippen LogP contribution >= 0.6 is 11.6 Å². The Kier molecular flexibility index (Phi) is 3.72. The van der Waals surface area contributed by atoms with Crippen LogP contribution in [0.1, 0.15) is 22.3 Å². The molecule has 1 aliphatic rings. The maximum absolute atomic E-state index is 12.3. The van der Waals surface area contributed by atoms with Gasteiger partial charge in [-0.05, 0) is 42.7 Å². The van der Waals surface area contributed by atoms with Crippen LogP contribution in [0.4, 0.5) is 5.69 Å². The van der Waals surface area contributed by atoms with E-state index in [4.69, 9.17) is 16.4 Å². The average Bonchev–Trinajstić information content (AvgIpc) is 2.49. The summed E-state index contributed by atoms with van der Waals surface area (Å²) in [6, 6.07) is 14.8. The number of anilines is 1. The molecule has 0 bridgehead atoms. The van der Waals surface area contributed by atoms with Gasteiger partial charge in [-0.3, -0.25) is 15.1 Å². The quantitative estimate of drug-likeness (QED) is 0.871. The van der Waals surface area contributed by atoms with Gasteiger partial charge in [0.2, 0.25) is 0 Å². The second-order valence-electron chi connectivity index (χ2n) is 4.78. The maximum Gasteiger partial charge on any atom is 0.194 e. The van der Waals surface area contributed by atoms with E-state index >= 15 is 0 Å². The van der Waals surface area contributed by atoms with Crippen molar-refractivity contribution in [2.75, 3.05) is 5.48 Å². The third-order valence-electron chi connectivity index (χ3n) is 3.41. The molecule has 0 aromatic heterocycles. The number of aryl methyl sites for hydroxylation is 1. The normalized spacial score (nSPS) is 17.6. The molecule has 0 fully saturated rings. The van der Waals surface area contributed by atoms with Gasteiger partial charge in [0.15, 0.2) is 5.78 Å². The molecule has 0 aliphatic heterocycles. The van der Waals surface area contributed by atoms with E-state index in [1.165, 1.54) is 0 Å². The topological polar surface area (TPSA) is 38.3 Å². The Morgan fingerprint density at radius 1 is 1.10 bits per heavy atom. The molecule has 0 saturated carbocycles. The van der Waals surface area contributed by atoms with Crippen LogP contribution in [0.2, 0.25) is 5.02 Å². The van der Waals surface area contributed by atoms with Crippen molar-refractivity contribution in [2.45, 2.75) is 18.9 Å². The maximum atomic E-state index is 12.3. The Balaban J connectivity index is 1.68. The van der Waals surface area contributed by atoms with Gasteiger partial charge >= 0.3 is 0 Å². The van der Waals surface area contributed by atoms with E-state index in [-0.39, 0.29) is 5.78 Å². The first-order chi connectivity index (χ1) is 9.74.